The van der Waals surface area contributed by atoms with E-state index in [2.05, 4.69) is 39.0 Å². The maximum Gasteiger partial charge on any atom is 0.247 e. The lowest BCUT2D eigenvalue weighted by Gasteiger charge is -2.37. The molecule has 1 fully saturated rings. The molecule has 0 radical (unpaired) electrons. The predicted octanol–water partition coefficient (Wildman–Crippen LogP) is 3.42. The van der Waals surface area contributed by atoms with Gasteiger partial charge in [0.25, 0.3) is 0 Å². The Bertz CT molecular complexity index is 1640. The largest absolute Gasteiger partial charge is 0.491 e. The number of aromatic nitrogens is 6. The highest BCUT2D eigenvalue weighted by molar-refractivity contribution is 5.90. The van der Waals surface area contributed by atoms with Gasteiger partial charge in [-0.2, -0.15) is 14.6 Å². The van der Waals surface area contributed by atoms with Crippen LogP contribution in [0.5, 0.6) is 5.75 Å². The number of carbonyl (C=O) groups excluding carboxylic acids is 1. The van der Waals surface area contributed by atoms with Crippen molar-refractivity contribution < 1.29 is 18.7 Å². The van der Waals surface area contributed by atoms with E-state index >= 15 is 0 Å². The number of nitrogen functional groups attached to an aromatic ring is 1. The second kappa shape index (κ2) is 12.1. The Morgan fingerprint density at radius 3 is 2.60 bits per heavy atom. The molecule has 1 saturated heterocycles. The fourth-order valence-electron chi connectivity index (χ4n) is 5.25. The third-order valence-electron chi connectivity index (χ3n) is 7.52. The van der Waals surface area contributed by atoms with Crippen molar-refractivity contribution in [1.82, 2.24) is 34.3 Å². The molecule has 42 heavy (non-hydrogen) atoms. The van der Waals surface area contributed by atoms with Crippen LogP contribution in [0.25, 0.3) is 28.3 Å². The van der Waals surface area contributed by atoms with Gasteiger partial charge < -0.3 is 29.4 Å². The van der Waals surface area contributed by atoms with Gasteiger partial charge in [-0.15, -0.1) is 5.10 Å². The lowest BCUT2D eigenvalue weighted by Crippen LogP contribution is -2.50. The van der Waals surface area contributed by atoms with Gasteiger partial charge in [-0.1, -0.05) is 19.8 Å². The van der Waals surface area contributed by atoms with E-state index in [1.54, 1.807) is 30.2 Å². The predicted molar refractivity (Wildman–Crippen MR) is 157 cm³/mol. The number of hydrogen-bond donors (Lipinski definition) is 1. The lowest BCUT2D eigenvalue weighted by atomic mass is 10.1. The average molecular weight is 574 g/mol. The van der Waals surface area contributed by atoms with E-state index in [9.17, 15) is 4.79 Å². The Kier molecular flexibility index (Phi) is 7.91. The molecule has 220 valence electrons. The first kappa shape index (κ1) is 27.5. The zero-order valence-electron chi connectivity index (χ0n) is 23.8. The van der Waals surface area contributed by atoms with Crippen LogP contribution in [0.3, 0.4) is 0 Å². The van der Waals surface area contributed by atoms with Crippen LogP contribution in [-0.4, -0.2) is 86.7 Å². The summed E-state index contributed by atoms with van der Waals surface area (Å²) in [4.78, 5) is 27.2. The van der Waals surface area contributed by atoms with Gasteiger partial charge in [-0.3, -0.25) is 9.48 Å². The van der Waals surface area contributed by atoms with Crippen LogP contribution < -0.4 is 15.4 Å². The molecule has 1 atom stereocenters. The maximum absolute atomic E-state index is 13.9. The Balaban J connectivity index is 1.19. The number of hydrogen-bond acceptors (Lipinski definition) is 10. The molecule has 1 aliphatic rings. The zero-order chi connectivity index (χ0) is 29.1. The number of nitrogens with zero attached hydrogens (tertiary/aromatic N) is 8. The van der Waals surface area contributed by atoms with Crippen molar-refractivity contribution in [3.63, 3.8) is 0 Å². The smallest absolute Gasteiger partial charge is 0.247 e. The summed E-state index contributed by atoms with van der Waals surface area (Å²) in [6, 6.07) is 11.2. The first-order chi connectivity index (χ1) is 20.6. The molecule has 1 aromatic carbocycles. The number of benzene rings is 1. The van der Waals surface area contributed by atoms with E-state index in [1.165, 1.54) is 4.52 Å². The Morgan fingerprint density at radius 2 is 1.88 bits per heavy atom. The van der Waals surface area contributed by atoms with Crippen molar-refractivity contribution in [3.8, 4) is 17.3 Å². The minimum Gasteiger partial charge on any atom is -0.491 e. The lowest BCUT2D eigenvalue weighted by molar-refractivity contribution is -0.135. The number of fused-ring (bicyclic) bond motifs is 3. The molecule has 13 nitrogen and oxygen atoms in total. The minimum absolute atomic E-state index is 0.0551. The molecule has 0 spiro atoms. The fourth-order valence-corrected chi connectivity index (χ4v) is 5.25. The van der Waals surface area contributed by atoms with E-state index in [1.807, 2.05) is 23.2 Å². The normalized spacial score (nSPS) is 14.6. The second-order valence-electron chi connectivity index (χ2n) is 10.3. The summed E-state index contributed by atoms with van der Waals surface area (Å²) in [5.74, 6) is 1.96. The van der Waals surface area contributed by atoms with Crippen molar-refractivity contribution in [3.05, 3.63) is 48.9 Å². The highest BCUT2D eigenvalue weighted by Gasteiger charge is 2.30. The zero-order valence-corrected chi connectivity index (χ0v) is 23.8. The number of methoxy groups -OCH3 is 1. The number of carbonyl (C=O) groups is 1. The molecular weight excluding hydrogens is 538 g/mol. The monoisotopic (exact) mass is 573 g/mol. The highest BCUT2D eigenvalue weighted by Crippen LogP contribution is 2.27. The molecule has 1 amide bonds. The molecule has 1 aliphatic heterocycles. The molecule has 4 aromatic heterocycles. The summed E-state index contributed by atoms with van der Waals surface area (Å²) in [5.41, 5.74) is 8.25. The van der Waals surface area contributed by atoms with E-state index in [4.69, 9.17) is 24.7 Å². The molecule has 1 unspecified atom stereocenters. The SMILES string of the molecule is CCCCC(C(=O)N1CCN(c2ccc(OCCOC)cc2)CC1)n1cc2c(nc(N)n3nc(-c4ccco4)nc23)n1. The summed E-state index contributed by atoms with van der Waals surface area (Å²) in [6.45, 7) is 5.91. The van der Waals surface area contributed by atoms with Crippen LogP contribution >= 0.6 is 0 Å². The third kappa shape index (κ3) is 5.47. The number of piperazine rings is 1. The molecule has 5 heterocycles. The summed E-state index contributed by atoms with van der Waals surface area (Å²) in [6.07, 6.45) is 5.93. The van der Waals surface area contributed by atoms with Crippen molar-refractivity contribution >= 4 is 34.2 Å². The van der Waals surface area contributed by atoms with E-state index in [0.717, 1.165) is 37.4 Å². The number of nitrogens with two attached hydrogens (primary N) is 1. The van der Waals surface area contributed by atoms with Gasteiger partial charge in [0.2, 0.25) is 17.7 Å². The van der Waals surface area contributed by atoms with E-state index in [-0.39, 0.29) is 11.9 Å². The van der Waals surface area contributed by atoms with Crippen molar-refractivity contribution in [1.29, 1.82) is 0 Å². The standard InChI is InChI=1S/C29H35N9O4/c1-3-4-6-23(28(39)36-14-12-35(13-15-36)20-8-10-21(11-9-20)41-18-17-40-2)37-19-22-25(33-37)32-29(30)38-27(22)31-26(34-38)24-7-5-16-42-24/h5,7-11,16,19,23H,3-4,6,12-15,17-18H2,1-2H3,(H2,30,32,33). The first-order valence-corrected chi connectivity index (χ1v) is 14.3. The molecule has 6 rings (SSSR count). The number of furan rings is 1. The van der Waals surface area contributed by atoms with Crippen molar-refractivity contribution in [2.75, 3.05) is 57.1 Å². The van der Waals surface area contributed by atoms with Crippen LogP contribution in [0.1, 0.15) is 32.2 Å². The molecule has 2 N–H and O–H groups in total. The van der Waals surface area contributed by atoms with Gasteiger partial charge >= 0.3 is 0 Å². The second-order valence-corrected chi connectivity index (χ2v) is 10.3. The van der Waals surface area contributed by atoms with E-state index in [0.29, 0.717) is 61.0 Å². The van der Waals surface area contributed by atoms with E-state index < -0.39 is 6.04 Å². The Hall–Kier alpha value is -4.65. The number of amides is 1. The van der Waals surface area contributed by atoms with Gasteiger partial charge in [0.15, 0.2) is 17.1 Å². The Morgan fingerprint density at radius 1 is 1.07 bits per heavy atom. The fraction of sp³-hybridized carbons (Fsp3) is 0.414. The van der Waals surface area contributed by atoms with Gasteiger partial charge in [0.1, 0.15) is 18.4 Å². The van der Waals surface area contributed by atoms with Crippen LogP contribution in [0.4, 0.5) is 11.6 Å². The van der Waals surface area contributed by atoms with Crippen LogP contribution in [0.15, 0.2) is 53.3 Å². The molecule has 5 aromatic rings. The molecule has 0 saturated carbocycles. The first-order valence-electron chi connectivity index (χ1n) is 14.3. The van der Waals surface area contributed by atoms with Crippen molar-refractivity contribution in [2.45, 2.75) is 32.2 Å². The molecule has 0 bridgehead atoms. The number of ether oxygens (including phenoxy) is 2. The summed E-state index contributed by atoms with van der Waals surface area (Å²) in [5, 5.41) is 9.84. The average Bonchev–Trinajstić information content (AvgIpc) is 3.78. The van der Waals surface area contributed by atoms with Crippen molar-refractivity contribution in [2.24, 2.45) is 0 Å². The highest BCUT2D eigenvalue weighted by atomic mass is 16.5. The third-order valence-corrected chi connectivity index (χ3v) is 7.52. The topological polar surface area (TPSA) is 142 Å². The Labute approximate surface area is 242 Å². The van der Waals surface area contributed by atoms with Gasteiger partial charge in [-0.05, 0) is 42.8 Å². The van der Waals surface area contributed by atoms with Crippen LogP contribution in [0.2, 0.25) is 0 Å². The number of unbranched alkanes of at least 4 members (excludes halogenated alkanes) is 1. The molecule has 13 heteroatoms. The minimum atomic E-state index is -0.456. The summed E-state index contributed by atoms with van der Waals surface area (Å²) < 4.78 is 19.4. The summed E-state index contributed by atoms with van der Waals surface area (Å²) in [7, 11) is 1.65. The number of rotatable bonds is 11. The van der Waals surface area contributed by atoms with Gasteiger partial charge in [0.05, 0.1) is 18.3 Å². The van der Waals surface area contributed by atoms with Crippen LogP contribution in [0, 0.1) is 0 Å². The quantitative estimate of drug-likeness (QED) is 0.234. The maximum atomic E-state index is 13.9. The summed E-state index contributed by atoms with van der Waals surface area (Å²) >= 11 is 0. The van der Waals surface area contributed by atoms with Gasteiger partial charge in [0, 0.05) is 45.2 Å². The molecular formula is C29H35N9O4. The van der Waals surface area contributed by atoms with Gasteiger partial charge in [-0.25, -0.2) is 4.98 Å². The van der Waals surface area contributed by atoms with Crippen LogP contribution in [-0.2, 0) is 9.53 Å². The number of anilines is 2. The molecule has 0 aliphatic carbocycles.